The number of carboxylic acid groups (broad SMARTS) is 1. The van der Waals surface area contributed by atoms with Gasteiger partial charge in [-0.2, -0.15) is 0 Å². The fraction of sp³-hybridized carbons (Fsp3) is 0.241. The summed E-state index contributed by atoms with van der Waals surface area (Å²) in [6.07, 6.45) is 0.267. The van der Waals surface area contributed by atoms with E-state index < -0.39 is 17.7 Å². The zero-order valence-electron chi connectivity index (χ0n) is 21.4. The second-order valence-corrected chi connectivity index (χ2v) is 9.44. The molecule has 0 saturated heterocycles. The summed E-state index contributed by atoms with van der Waals surface area (Å²) in [6, 6.07) is 18.1. The summed E-state index contributed by atoms with van der Waals surface area (Å²) in [5.41, 5.74) is 3.97. The number of anilines is 2. The van der Waals surface area contributed by atoms with Gasteiger partial charge in [0.15, 0.2) is 0 Å². The fourth-order valence-corrected chi connectivity index (χ4v) is 4.29. The summed E-state index contributed by atoms with van der Waals surface area (Å²) in [6.45, 7) is 0.648. The number of fused-ring (bicyclic) bond motifs is 1. The van der Waals surface area contributed by atoms with E-state index in [1.54, 1.807) is 66.5 Å². The molecule has 8 nitrogen and oxygen atoms in total. The first kappa shape index (κ1) is 26.7. The van der Waals surface area contributed by atoms with Crippen LogP contribution in [0.15, 0.2) is 71.7 Å². The van der Waals surface area contributed by atoms with E-state index in [0.717, 1.165) is 0 Å². The number of carbonyl (C=O) groups is 3. The number of benzene rings is 3. The Balaban J connectivity index is 1.69. The van der Waals surface area contributed by atoms with Crippen molar-refractivity contribution < 1.29 is 23.9 Å². The van der Waals surface area contributed by atoms with Crippen LogP contribution in [0, 0.1) is 5.82 Å². The molecule has 0 bridgehead atoms. The van der Waals surface area contributed by atoms with Crippen LogP contribution in [-0.2, 0) is 20.8 Å². The van der Waals surface area contributed by atoms with Crippen molar-refractivity contribution >= 4 is 40.6 Å². The van der Waals surface area contributed by atoms with Gasteiger partial charge in [-0.05, 0) is 67.2 Å². The standard InChI is InChI=1S/C29H29FN4O4/c1-33(2)15-14-25(35)34(3)22-11-9-21(10-12-22)31-28(19-6-4-18(5-7-19)16-26(36)37)27-23-13-8-20(30)17-24(23)32-29(27)38/h4-13,17,27H,14-16H2,1-3H3,(H,32,38)(H,36,37). The molecule has 1 atom stereocenters. The van der Waals surface area contributed by atoms with Crippen LogP contribution in [-0.4, -0.2) is 61.2 Å². The summed E-state index contributed by atoms with van der Waals surface area (Å²) in [4.78, 5) is 45.0. The molecule has 1 unspecified atom stereocenters. The number of hydrogen-bond acceptors (Lipinski definition) is 5. The number of nitrogens with one attached hydrogen (secondary N) is 1. The van der Waals surface area contributed by atoms with Gasteiger partial charge in [-0.1, -0.05) is 30.3 Å². The molecule has 0 saturated carbocycles. The average molecular weight is 517 g/mol. The Morgan fingerprint density at radius 3 is 2.32 bits per heavy atom. The van der Waals surface area contributed by atoms with Crippen molar-refractivity contribution in [1.29, 1.82) is 0 Å². The third-order valence-corrected chi connectivity index (χ3v) is 6.36. The minimum atomic E-state index is -0.942. The van der Waals surface area contributed by atoms with Gasteiger partial charge in [0.05, 0.1) is 17.8 Å². The Morgan fingerprint density at radius 1 is 1.00 bits per heavy atom. The van der Waals surface area contributed by atoms with Crippen LogP contribution in [0.2, 0.25) is 0 Å². The first-order valence-corrected chi connectivity index (χ1v) is 12.1. The minimum absolute atomic E-state index is 0.0106. The van der Waals surface area contributed by atoms with Crippen LogP contribution in [0.3, 0.4) is 0 Å². The lowest BCUT2D eigenvalue weighted by Crippen LogP contribution is -2.29. The summed E-state index contributed by atoms with van der Waals surface area (Å²) >= 11 is 0. The Kier molecular flexibility index (Phi) is 7.97. The molecule has 0 spiro atoms. The fourth-order valence-electron chi connectivity index (χ4n) is 4.29. The molecule has 0 fully saturated rings. The van der Waals surface area contributed by atoms with Crippen LogP contribution in [0.4, 0.5) is 21.5 Å². The van der Waals surface area contributed by atoms with E-state index in [1.165, 1.54) is 12.1 Å². The lowest BCUT2D eigenvalue weighted by Gasteiger charge is -2.19. The number of aliphatic carboxylic acids is 1. The molecule has 1 heterocycles. The molecule has 2 amide bonds. The van der Waals surface area contributed by atoms with Crippen molar-refractivity contribution in [1.82, 2.24) is 4.90 Å². The Morgan fingerprint density at radius 2 is 1.68 bits per heavy atom. The number of hydrogen-bond donors (Lipinski definition) is 2. The molecule has 3 aromatic rings. The van der Waals surface area contributed by atoms with Gasteiger partial charge in [-0.15, -0.1) is 0 Å². The van der Waals surface area contributed by atoms with Gasteiger partial charge in [-0.3, -0.25) is 19.4 Å². The SMILES string of the molecule is CN(C)CCC(=O)N(C)c1ccc(N=C(c2ccc(CC(=O)O)cc2)C2C(=O)Nc3cc(F)ccc32)cc1. The van der Waals surface area contributed by atoms with E-state index in [4.69, 9.17) is 10.1 Å². The van der Waals surface area contributed by atoms with E-state index >= 15 is 0 Å². The lowest BCUT2D eigenvalue weighted by atomic mass is 9.90. The van der Waals surface area contributed by atoms with Crippen molar-refractivity contribution in [3.8, 4) is 0 Å². The zero-order chi connectivity index (χ0) is 27.4. The van der Waals surface area contributed by atoms with Gasteiger partial charge < -0.3 is 20.2 Å². The molecule has 0 radical (unpaired) electrons. The van der Waals surface area contributed by atoms with Gasteiger partial charge in [-0.25, -0.2) is 4.39 Å². The smallest absolute Gasteiger partial charge is 0.307 e. The summed E-state index contributed by atoms with van der Waals surface area (Å²) in [5, 5.41) is 11.8. The van der Waals surface area contributed by atoms with Crippen molar-refractivity contribution in [2.45, 2.75) is 18.8 Å². The quantitative estimate of drug-likeness (QED) is 0.415. The van der Waals surface area contributed by atoms with E-state index in [-0.39, 0.29) is 18.2 Å². The second-order valence-electron chi connectivity index (χ2n) is 9.44. The predicted octanol–water partition coefficient (Wildman–Crippen LogP) is 4.22. The Hall–Kier alpha value is -4.37. The number of aliphatic imine (C=N–C) groups is 1. The van der Waals surface area contributed by atoms with Crippen LogP contribution >= 0.6 is 0 Å². The van der Waals surface area contributed by atoms with E-state index in [2.05, 4.69) is 5.32 Å². The number of halogens is 1. The maximum Gasteiger partial charge on any atom is 0.307 e. The third-order valence-electron chi connectivity index (χ3n) is 6.36. The molecule has 38 heavy (non-hydrogen) atoms. The van der Waals surface area contributed by atoms with Crippen molar-refractivity contribution in [2.24, 2.45) is 4.99 Å². The highest BCUT2D eigenvalue weighted by Crippen LogP contribution is 2.37. The molecular formula is C29H29FN4O4. The molecular weight excluding hydrogens is 487 g/mol. The molecule has 1 aliphatic rings. The number of nitrogens with zero attached hydrogens (tertiary/aromatic N) is 3. The highest BCUT2D eigenvalue weighted by Gasteiger charge is 2.35. The van der Waals surface area contributed by atoms with E-state index in [1.807, 2.05) is 19.0 Å². The molecule has 196 valence electrons. The van der Waals surface area contributed by atoms with Crippen molar-refractivity contribution in [3.63, 3.8) is 0 Å². The number of carboxylic acids is 1. The number of rotatable bonds is 9. The van der Waals surface area contributed by atoms with Crippen molar-refractivity contribution in [2.75, 3.05) is 37.9 Å². The highest BCUT2D eigenvalue weighted by molar-refractivity contribution is 6.24. The van der Waals surface area contributed by atoms with Crippen LogP contribution in [0.5, 0.6) is 0 Å². The molecule has 0 aromatic heterocycles. The van der Waals surface area contributed by atoms with Gasteiger partial charge in [0.1, 0.15) is 11.7 Å². The highest BCUT2D eigenvalue weighted by atomic mass is 19.1. The van der Waals surface area contributed by atoms with Crippen molar-refractivity contribution in [3.05, 3.63) is 89.2 Å². The largest absolute Gasteiger partial charge is 0.481 e. The maximum atomic E-state index is 13.8. The summed E-state index contributed by atoms with van der Waals surface area (Å²) in [7, 11) is 5.55. The van der Waals surface area contributed by atoms with Crippen LogP contribution in [0.1, 0.15) is 29.0 Å². The first-order chi connectivity index (χ1) is 18.1. The summed E-state index contributed by atoms with van der Waals surface area (Å²) < 4.78 is 13.8. The number of carbonyl (C=O) groups excluding carboxylic acids is 2. The van der Waals surface area contributed by atoms with E-state index in [9.17, 15) is 18.8 Å². The normalized spacial score (nSPS) is 14.8. The third kappa shape index (κ3) is 6.12. The van der Waals surface area contributed by atoms with Gasteiger partial charge >= 0.3 is 5.97 Å². The summed E-state index contributed by atoms with van der Waals surface area (Å²) in [5.74, 6) is -2.53. The molecule has 4 rings (SSSR count). The van der Waals surface area contributed by atoms with Crippen LogP contribution < -0.4 is 10.2 Å². The van der Waals surface area contributed by atoms with Gasteiger partial charge in [0, 0.05) is 31.4 Å². The molecule has 9 heteroatoms. The average Bonchev–Trinajstić information content (AvgIpc) is 3.20. The Labute approximate surface area is 220 Å². The second kappa shape index (κ2) is 11.4. The first-order valence-electron chi connectivity index (χ1n) is 12.1. The monoisotopic (exact) mass is 516 g/mol. The lowest BCUT2D eigenvalue weighted by molar-refractivity contribution is -0.136. The maximum absolute atomic E-state index is 13.8. The topological polar surface area (TPSA) is 102 Å². The van der Waals surface area contributed by atoms with E-state index in [0.29, 0.717) is 52.4 Å². The molecule has 1 aliphatic heterocycles. The molecule has 3 aromatic carbocycles. The zero-order valence-corrected chi connectivity index (χ0v) is 21.4. The molecule has 2 N–H and O–H groups in total. The van der Waals surface area contributed by atoms with Gasteiger partial charge in [0.25, 0.3) is 0 Å². The minimum Gasteiger partial charge on any atom is -0.481 e. The van der Waals surface area contributed by atoms with Gasteiger partial charge in [0.2, 0.25) is 11.8 Å². The number of amides is 2. The predicted molar refractivity (Wildman–Crippen MR) is 145 cm³/mol. The molecule has 0 aliphatic carbocycles. The van der Waals surface area contributed by atoms with Crippen LogP contribution in [0.25, 0.3) is 0 Å². The Bertz CT molecular complexity index is 1380.